The van der Waals surface area contributed by atoms with Gasteiger partial charge in [-0.15, -0.1) is 0 Å². The lowest BCUT2D eigenvalue weighted by Gasteiger charge is -2.37. The first kappa shape index (κ1) is 26.1. The molecule has 1 saturated heterocycles. The number of hydrogen-bond acceptors (Lipinski definition) is 6. The van der Waals surface area contributed by atoms with E-state index in [4.69, 9.17) is 16.6 Å². The van der Waals surface area contributed by atoms with E-state index in [1.165, 1.54) is 23.0 Å². The number of benzene rings is 3. The van der Waals surface area contributed by atoms with Crippen LogP contribution in [0.15, 0.2) is 90.1 Å². The lowest BCUT2D eigenvalue weighted by molar-refractivity contribution is 0.0951. The van der Waals surface area contributed by atoms with Crippen molar-refractivity contribution in [1.82, 2.24) is 15.3 Å². The minimum Gasteiger partial charge on any atom is -0.368 e. The van der Waals surface area contributed by atoms with E-state index in [-0.39, 0.29) is 5.91 Å². The van der Waals surface area contributed by atoms with E-state index in [1.807, 2.05) is 60.7 Å². The van der Waals surface area contributed by atoms with Crippen molar-refractivity contribution in [3.63, 3.8) is 0 Å². The second kappa shape index (κ2) is 12.3. The van der Waals surface area contributed by atoms with E-state index < -0.39 is 0 Å². The molecule has 0 spiro atoms. The van der Waals surface area contributed by atoms with Gasteiger partial charge < -0.3 is 15.1 Å². The van der Waals surface area contributed by atoms with Gasteiger partial charge in [-0.25, -0.2) is 9.97 Å². The van der Waals surface area contributed by atoms with E-state index in [9.17, 15) is 4.79 Å². The smallest absolute Gasteiger partial charge is 0.251 e. The molecule has 0 aliphatic carbocycles. The van der Waals surface area contributed by atoms with Gasteiger partial charge in [0.15, 0.2) is 5.16 Å². The number of para-hydroxylation sites is 1. The predicted octanol–water partition coefficient (Wildman–Crippen LogP) is 5.99. The monoisotopic (exact) mass is 543 g/mol. The number of rotatable bonds is 8. The van der Waals surface area contributed by atoms with Crippen molar-refractivity contribution in [3.05, 3.63) is 112 Å². The summed E-state index contributed by atoms with van der Waals surface area (Å²) < 4.78 is 0. The number of thioether (sulfide) groups is 1. The lowest BCUT2D eigenvalue weighted by Crippen LogP contribution is -2.47. The second-order valence-corrected chi connectivity index (χ2v) is 10.6. The number of carbonyl (C=O) groups is 1. The summed E-state index contributed by atoms with van der Waals surface area (Å²) in [5.41, 5.74) is 5.32. The maximum atomic E-state index is 12.7. The van der Waals surface area contributed by atoms with Crippen LogP contribution in [0.5, 0.6) is 0 Å². The number of nitrogens with zero attached hydrogens (tertiary/aromatic N) is 4. The number of hydrogen-bond donors (Lipinski definition) is 1. The molecule has 0 radical (unpaired) electrons. The number of carbonyl (C=O) groups excluding carboxylic acids is 1. The Hall–Kier alpha value is -3.55. The third-order valence-electron chi connectivity index (χ3n) is 6.57. The zero-order chi connectivity index (χ0) is 26.3. The van der Waals surface area contributed by atoms with Crippen LogP contribution < -0.4 is 15.1 Å². The zero-order valence-corrected chi connectivity index (χ0v) is 22.9. The van der Waals surface area contributed by atoms with Gasteiger partial charge in [-0.2, -0.15) is 0 Å². The molecule has 1 aliphatic heterocycles. The number of amides is 1. The van der Waals surface area contributed by atoms with Crippen molar-refractivity contribution >= 4 is 40.8 Å². The third kappa shape index (κ3) is 6.65. The van der Waals surface area contributed by atoms with Crippen molar-refractivity contribution in [3.8, 4) is 0 Å². The molecule has 3 aromatic carbocycles. The van der Waals surface area contributed by atoms with Crippen molar-refractivity contribution in [1.29, 1.82) is 0 Å². The molecule has 6 nitrogen and oxygen atoms in total. The molecular weight excluding hydrogens is 514 g/mol. The number of halogens is 1. The van der Waals surface area contributed by atoms with E-state index >= 15 is 0 Å². The minimum atomic E-state index is -0.0909. The fourth-order valence-electron chi connectivity index (χ4n) is 4.54. The van der Waals surface area contributed by atoms with Crippen LogP contribution in [0.25, 0.3) is 0 Å². The molecule has 8 heteroatoms. The average Bonchev–Trinajstić information content (AvgIpc) is 2.96. The standard InChI is InChI=1S/C30H30ClN5OS/c1-22-8-5-6-13-26(22)35-14-16-36(17-15-35)28-19-27(31)33-30(34-28)38-21-24-11-7-12-25(18-24)29(37)32-20-23-9-3-2-4-10-23/h2-13,18-19H,14-17,20-21H2,1H3,(H,32,37). The molecule has 1 amide bonds. The summed E-state index contributed by atoms with van der Waals surface area (Å²) in [7, 11) is 0. The van der Waals surface area contributed by atoms with Gasteiger partial charge in [0, 0.05) is 55.8 Å². The molecule has 1 aliphatic rings. The first-order valence-electron chi connectivity index (χ1n) is 12.7. The molecule has 4 aromatic rings. The highest BCUT2D eigenvalue weighted by molar-refractivity contribution is 7.98. The van der Waals surface area contributed by atoms with Crippen molar-refractivity contribution < 1.29 is 4.79 Å². The molecule has 0 unspecified atom stereocenters. The topological polar surface area (TPSA) is 61.4 Å². The highest BCUT2D eigenvalue weighted by Gasteiger charge is 2.20. The van der Waals surface area contributed by atoms with Gasteiger partial charge >= 0.3 is 0 Å². The van der Waals surface area contributed by atoms with Crippen molar-refractivity contribution in [2.75, 3.05) is 36.0 Å². The summed E-state index contributed by atoms with van der Waals surface area (Å²) in [5, 5.41) is 4.06. The molecule has 1 aromatic heterocycles. The summed E-state index contributed by atoms with van der Waals surface area (Å²) in [6.07, 6.45) is 0. The molecule has 1 N–H and O–H groups in total. The zero-order valence-electron chi connectivity index (χ0n) is 21.3. The molecule has 38 heavy (non-hydrogen) atoms. The fourth-order valence-corrected chi connectivity index (χ4v) is 5.56. The Morgan fingerprint density at radius 3 is 2.37 bits per heavy atom. The van der Waals surface area contributed by atoms with Gasteiger partial charge in [0.2, 0.25) is 0 Å². The molecule has 0 atom stereocenters. The minimum absolute atomic E-state index is 0.0909. The Morgan fingerprint density at radius 2 is 1.58 bits per heavy atom. The van der Waals surface area contributed by atoms with Crippen molar-refractivity contribution in [2.24, 2.45) is 0 Å². The molecule has 0 saturated carbocycles. The second-order valence-electron chi connectivity index (χ2n) is 9.25. The van der Waals surface area contributed by atoms with Gasteiger partial charge in [0.25, 0.3) is 5.91 Å². The largest absolute Gasteiger partial charge is 0.368 e. The normalized spacial score (nSPS) is 13.4. The van der Waals surface area contributed by atoms with Gasteiger partial charge in [-0.1, -0.05) is 84.0 Å². The Kier molecular flexibility index (Phi) is 8.46. The fraction of sp³-hybridized carbons (Fsp3) is 0.233. The Balaban J connectivity index is 1.19. The average molecular weight is 544 g/mol. The molecule has 2 heterocycles. The molecule has 1 fully saturated rings. The SMILES string of the molecule is Cc1ccccc1N1CCN(c2cc(Cl)nc(SCc3cccc(C(=O)NCc4ccccc4)c3)n2)CC1. The molecular formula is C30H30ClN5OS. The van der Waals surface area contributed by atoms with Crippen molar-refractivity contribution in [2.45, 2.75) is 24.4 Å². The summed E-state index contributed by atoms with van der Waals surface area (Å²) in [5.74, 6) is 1.40. The Bertz CT molecular complexity index is 1390. The number of nitrogens with one attached hydrogen (secondary N) is 1. The first-order valence-corrected chi connectivity index (χ1v) is 14.1. The third-order valence-corrected chi connectivity index (χ3v) is 7.69. The Morgan fingerprint density at radius 1 is 0.868 bits per heavy atom. The van der Waals surface area contributed by atoms with Crippen LogP contribution in [0, 0.1) is 6.92 Å². The number of aromatic nitrogens is 2. The predicted molar refractivity (Wildman–Crippen MR) is 156 cm³/mol. The van der Waals surface area contributed by atoms with Crippen LogP contribution in [0.1, 0.15) is 27.0 Å². The van der Waals surface area contributed by atoms with Crippen LogP contribution in [-0.2, 0) is 12.3 Å². The summed E-state index contributed by atoms with van der Waals surface area (Å²) >= 11 is 7.91. The number of aryl methyl sites for hydroxylation is 1. The number of piperazine rings is 1. The van der Waals surface area contributed by atoms with Gasteiger partial charge in [-0.05, 0) is 41.8 Å². The molecule has 5 rings (SSSR count). The maximum absolute atomic E-state index is 12.7. The first-order chi connectivity index (χ1) is 18.5. The quantitative estimate of drug-likeness (QED) is 0.167. The van der Waals surface area contributed by atoms with E-state index in [0.717, 1.165) is 43.1 Å². The highest BCUT2D eigenvalue weighted by Crippen LogP contribution is 2.27. The highest BCUT2D eigenvalue weighted by atomic mass is 35.5. The van der Waals surface area contributed by atoms with E-state index in [2.05, 4.69) is 51.3 Å². The lowest BCUT2D eigenvalue weighted by atomic mass is 10.1. The Labute approximate surface area is 233 Å². The summed E-state index contributed by atoms with van der Waals surface area (Å²) in [6.45, 7) is 6.24. The van der Waals surface area contributed by atoms with Gasteiger partial charge in [0.05, 0.1) is 0 Å². The summed E-state index contributed by atoms with van der Waals surface area (Å²) in [6, 6.07) is 27.9. The maximum Gasteiger partial charge on any atom is 0.251 e. The van der Waals surface area contributed by atoms with Crippen LogP contribution >= 0.6 is 23.4 Å². The van der Waals surface area contributed by atoms with Gasteiger partial charge in [0.1, 0.15) is 11.0 Å². The number of anilines is 2. The summed E-state index contributed by atoms with van der Waals surface area (Å²) in [4.78, 5) is 26.6. The van der Waals surface area contributed by atoms with Crippen LogP contribution in [0.4, 0.5) is 11.5 Å². The van der Waals surface area contributed by atoms with Crippen LogP contribution in [0.2, 0.25) is 5.15 Å². The van der Waals surface area contributed by atoms with Gasteiger partial charge in [-0.3, -0.25) is 4.79 Å². The van der Waals surface area contributed by atoms with E-state index in [1.54, 1.807) is 0 Å². The molecule has 0 bridgehead atoms. The molecule has 194 valence electrons. The van der Waals surface area contributed by atoms with E-state index in [0.29, 0.717) is 28.2 Å². The van der Waals surface area contributed by atoms with Crippen LogP contribution in [0.3, 0.4) is 0 Å². The van der Waals surface area contributed by atoms with Crippen LogP contribution in [-0.4, -0.2) is 42.1 Å².